The van der Waals surface area contributed by atoms with E-state index in [0.29, 0.717) is 25.4 Å². The molecule has 0 spiro atoms. The van der Waals surface area contributed by atoms with Gasteiger partial charge in [0.05, 0.1) is 6.54 Å². The minimum Gasteiger partial charge on any atom is -0.464 e. The average Bonchev–Trinajstić information content (AvgIpc) is 3.14. The van der Waals surface area contributed by atoms with Gasteiger partial charge in [-0.3, -0.25) is 9.59 Å². The SMILES string of the molecule is Cc1ccc(CN2CCC(=O)NC(C3CC3)C2=O)o1. The Morgan fingerprint density at radius 2 is 2.16 bits per heavy atom. The Hall–Kier alpha value is -1.78. The van der Waals surface area contributed by atoms with Crippen LogP contribution in [0.5, 0.6) is 0 Å². The minimum atomic E-state index is -0.328. The molecule has 0 aromatic carbocycles. The second kappa shape index (κ2) is 4.72. The summed E-state index contributed by atoms with van der Waals surface area (Å²) >= 11 is 0. The molecule has 3 rings (SSSR count). The summed E-state index contributed by atoms with van der Waals surface area (Å²) < 4.78 is 5.51. The molecule has 19 heavy (non-hydrogen) atoms. The fourth-order valence-corrected chi connectivity index (χ4v) is 2.51. The van der Waals surface area contributed by atoms with Crippen molar-refractivity contribution in [1.29, 1.82) is 0 Å². The second-order valence-corrected chi connectivity index (χ2v) is 5.40. The van der Waals surface area contributed by atoms with E-state index in [1.165, 1.54) is 0 Å². The third kappa shape index (κ3) is 2.64. The summed E-state index contributed by atoms with van der Waals surface area (Å²) in [5, 5.41) is 2.85. The van der Waals surface area contributed by atoms with Crippen molar-refractivity contribution in [3.8, 4) is 0 Å². The minimum absolute atomic E-state index is 0.0247. The highest BCUT2D eigenvalue weighted by molar-refractivity contribution is 5.90. The van der Waals surface area contributed by atoms with E-state index in [9.17, 15) is 9.59 Å². The van der Waals surface area contributed by atoms with Gasteiger partial charge in [-0.05, 0) is 37.8 Å². The maximum absolute atomic E-state index is 12.5. The number of nitrogens with zero attached hydrogens (tertiary/aromatic N) is 1. The predicted molar refractivity (Wildman–Crippen MR) is 68.1 cm³/mol. The van der Waals surface area contributed by atoms with Crippen LogP contribution in [0.25, 0.3) is 0 Å². The molecule has 2 heterocycles. The quantitative estimate of drug-likeness (QED) is 0.890. The van der Waals surface area contributed by atoms with Gasteiger partial charge in [0.2, 0.25) is 11.8 Å². The van der Waals surface area contributed by atoms with Gasteiger partial charge < -0.3 is 14.6 Å². The number of amides is 2. The van der Waals surface area contributed by atoms with Crippen molar-refractivity contribution in [1.82, 2.24) is 10.2 Å². The van der Waals surface area contributed by atoms with E-state index in [-0.39, 0.29) is 17.9 Å². The number of furan rings is 1. The number of carbonyl (C=O) groups excluding carboxylic acids is 2. The van der Waals surface area contributed by atoms with E-state index in [1.54, 1.807) is 4.90 Å². The Morgan fingerprint density at radius 1 is 1.37 bits per heavy atom. The Balaban J connectivity index is 1.75. The van der Waals surface area contributed by atoms with E-state index in [0.717, 1.165) is 24.4 Å². The van der Waals surface area contributed by atoms with Crippen LogP contribution >= 0.6 is 0 Å². The topological polar surface area (TPSA) is 62.6 Å². The molecule has 1 aromatic heterocycles. The molecule has 1 aliphatic heterocycles. The molecule has 1 aliphatic carbocycles. The number of aryl methyl sites for hydroxylation is 1. The lowest BCUT2D eigenvalue weighted by atomic mass is 10.1. The molecule has 1 aromatic rings. The summed E-state index contributed by atoms with van der Waals surface area (Å²) in [5.74, 6) is 1.95. The molecule has 5 nitrogen and oxygen atoms in total. The molecule has 1 saturated heterocycles. The van der Waals surface area contributed by atoms with Gasteiger partial charge in [0.1, 0.15) is 17.6 Å². The van der Waals surface area contributed by atoms with Crippen LogP contribution in [0.3, 0.4) is 0 Å². The smallest absolute Gasteiger partial charge is 0.245 e. The van der Waals surface area contributed by atoms with Crippen molar-refractivity contribution < 1.29 is 14.0 Å². The van der Waals surface area contributed by atoms with Crippen LogP contribution in [0.1, 0.15) is 30.8 Å². The molecule has 1 unspecified atom stereocenters. The molecule has 2 fully saturated rings. The summed E-state index contributed by atoms with van der Waals surface area (Å²) in [6.45, 7) is 2.80. The van der Waals surface area contributed by atoms with Crippen molar-refractivity contribution in [3.05, 3.63) is 23.7 Å². The van der Waals surface area contributed by atoms with Gasteiger partial charge in [-0.25, -0.2) is 0 Å². The Labute approximate surface area is 111 Å². The van der Waals surface area contributed by atoms with Gasteiger partial charge in [0.15, 0.2) is 0 Å². The van der Waals surface area contributed by atoms with Gasteiger partial charge in [-0.15, -0.1) is 0 Å². The van der Waals surface area contributed by atoms with Crippen LogP contribution in [0.2, 0.25) is 0 Å². The number of hydrogen-bond donors (Lipinski definition) is 1. The first-order valence-electron chi connectivity index (χ1n) is 6.77. The van der Waals surface area contributed by atoms with Crippen molar-refractivity contribution >= 4 is 11.8 Å². The fraction of sp³-hybridized carbons (Fsp3) is 0.571. The van der Waals surface area contributed by atoms with E-state index in [1.807, 2.05) is 19.1 Å². The predicted octanol–water partition coefficient (Wildman–Crippen LogP) is 1.22. The van der Waals surface area contributed by atoms with Crippen molar-refractivity contribution in [2.75, 3.05) is 6.54 Å². The third-order valence-electron chi connectivity index (χ3n) is 3.74. The van der Waals surface area contributed by atoms with Crippen LogP contribution in [0.4, 0.5) is 0 Å². The lowest BCUT2D eigenvalue weighted by Gasteiger charge is -2.23. The molecule has 1 atom stereocenters. The molecule has 0 radical (unpaired) electrons. The van der Waals surface area contributed by atoms with Crippen molar-refractivity contribution in [2.45, 2.75) is 38.8 Å². The Kier molecular flexibility index (Phi) is 3.05. The Bertz CT molecular complexity index is 505. The summed E-state index contributed by atoms with van der Waals surface area (Å²) in [4.78, 5) is 25.8. The molecule has 1 N–H and O–H groups in total. The highest BCUT2D eigenvalue weighted by Crippen LogP contribution is 2.34. The molecule has 1 saturated carbocycles. The van der Waals surface area contributed by atoms with E-state index >= 15 is 0 Å². The normalized spacial score (nSPS) is 24.3. The molecule has 2 aliphatic rings. The lowest BCUT2D eigenvalue weighted by Crippen LogP contribution is -2.45. The molecule has 5 heteroatoms. The maximum Gasteiger partial charge on any atom is 0.245 e. The Morgan fingerprint density at radius 3 is 2.79 bits per heavy atom. The van der Waals surface area contributed by atoms with Crippen LogP contribution in [-0.2, 0) is 16.1 Å². The average molecular weight is 262 g/mol. The summed E-state index contributed by atoms with van der Waals surface area (Å²) in [6, 6.07) is 3.44. The maximum atomic E-state index is 12.5. The molecule has 102 valence electrons. The van der Waals surface area contributed by atoms with Gasteiger partial charge in [-0.2, -0.15) is 0 Å². The zero-order valence-electron chi connectivity index (χ0n) is 11.0. The second-order valence-electron chi connectivity index (χ2n) is 5.40. The summed E-state index contributed by atoms with van der Waals surface area (Å²) in [6.07, 6.45) is 2.43. The first-order valence-corrected chi connectivity index (χ1v) is 6.77. The van der Waals surface area contributed by atoms with E-state index < -0.39 is 0 Å². The molecular formula is C14H18N2O3. The highest BCUT2D eigenvalue weighted by Gasteiger charge is 2.40. The third-order valence-corrected chi connectivity index (χ3v) is 3.74. The zero-order valence-corrected chi connectivity index (χ0v) is 11.0. The molecule has 2 amide bonds. The largest absolute Gasteiger partial charge is 0.464 e. The standard InChI is InChI=1S/C14H18N2O3/c1-9-2-5-11(19-9)8-16-7-6-12(17)15-13(14(16)18)10-3-4-10/h2,5,10,13H,3-4,6-8H2,1H3,(H,15,17). The van der Waals surface area contributed by atoms with Gasteiger partial charge in [0, 0.05) is 13.0 Å². The van der Waals surface area contributed by atoms with Crippen molar-refractivity contribution in [2.24, 2.45) is 5.92 Å². The molecule has 0 bridgehead atoms. The van der Waals surface area contributed by atoms with Crippen LogP contribution in [0, 0.1) is 12.8 Å². The molecular weight excluding hydrogens is 244 g/mol. The number of hydrogen-bond acceptors (Lipinski definition) is 3. The van der Waals surface area contributed by atoms with Crippen LogP contribution in [-0.4, -0.2) is 29.3 Å². The van der Waals surface area contributed by atoms with Gasteiger partial charge in [0.25, 0.3) is 0 Å². The summed E-state index contributed by atoms with van der Waals surface area (Å²) in [5.41, 5.74) is 0. The first-order chi connectivity index (χ1) is 9.13. The van der Waals surface area contributed by atoms with Gasteiger partial charge in [-0.1, -0.05) is 0 Å². The van der Waals surface area contributed by atoms with Crippen LogP contribution in [0.15, 0.2) is 16.5 Å². The zero-order chi connectivity index (χ0) is 13.4. The first kappa shape index (κ1) is 12.3. The van der Waals surface area contributed by atoms with Gasteiger partial charge >= 0.3 is 0 Å². The highest BCUT2D eigenvalue weighted by atomic mass is 16.3. The summed E-state index contributed by atoms with van der Waals surface area (Å²) in [7, 11) is 0. The number of rotatable bonds is 3. The number of carbonyl (C=O) groups is 2. The van der Waals surface area contributed by atoms with E-state index in [2.05, 4.69) is 5.32 Å². The lowest BCUT2D eigenvalue weighted by molar-refractivity contribution is -0.134. The van der Waals surface area contributed by atoms with Crippen LogP contribution < -0.4 is 5.32 Å². The van der Waals surface area contributed by atoms with E-state index in [4.69, 9.17) is 4.42 Å². The fourth-order valence-electron chi connectivity index (χ4n) is 2.51. The monoisotopic (exact) mass is 262 g/mol. The number of nitrogens with one attached hydrogen (secondary N) is 1. The van der Waals surface area contributed by atoms with Crippen molar-refractivity contribution in [3.63, 3.8) is 0 Å².